The zero-order valence-corrected chi connectivity index (χ0v) is 27.0. The topological polar surface area (TPSA) is 81.2 Å². The van der Waals surface area contributed by atoms with E-state index in [1.807, 2.05) is 49.9 Å². The Morgan fingerprint density at radius 3 is 2.02 bits per heavy atom. The lowest BCUT2D eigenvalue weighted by Gasteiger charge is -2.45. The number of amides is 2. The SMILES string of the molecule is CC1(C)CCC(N(C(=O)C(C)(C)C)[C@H]2C[C@@H](C(=O)O)N(C(=O)C3CN(C(C)(C)C)C[C@@H]3c3ccc(Cl)cc3)C2)CC1. The van der Waals surface area contributed by atoms with Gasteiger partial charge in [0.2, 0.25) is 11.8 Å². The van der Waals surface area contributed by atoms with Crippen molar-refractivity contribution in [1.82, 2.24) is 14.7 Å². The molecule has 2 amide bonds. The number of carboxylic acid groups (broad SMARTS) is 1. The fourth-order valence-corrected chi connectivity index (χ4v) is 7.16. The van der Waals surface area contributed by atoms with Crippen molar-refractivity contribution < 1.29 is 19.5 Å². The lowest BCUT2D eigenvalue weighted by Crippen LogP contribution is -2.54. The highest BCUT2D eigenvalue weighted by Gasteiger charge is 2.51. The molecule has 1 aromatic rings. The van der Waals surface area contributed by atoms with Crippen LogP contribution in [-0.2, 0) is 14.4 Å². The summed E-state index contributed by atoms with van der Waals surface area (Å²) < 4.78 is 0. The predicted octanol–water partition coefficient (Wildman–Crippen LogP) is 6.05. The van der Waals surface area contributed by atoms with Gasteiger partial charge in [0, 0.05) is 54.0 Å². The van der Waals surface area contributed by atoms with E-state index in [0.717, 1.165) is 31.2 Å². The molecule has 1 unspecified atom stereocenters. The number of hydrogen-bond donors (Lipinski definition) is 1. The minimum absolute atomic E-state index is 0.0458. The molecule has 8 heteroatoms. The Morgan fingerprint density at radius 2 is 1.51 bits per heavy atom. The monoisotopic (exact) mass is 587 g/mol. The number of nitrogens with zero attached hydrogens (tertiary/aromatic N) is 3. The predicted molar refractivity (Wildman–Crippen MR) is 163 cm³/mol. The molecular weight excluding hydrogens is 538 g/mol. The van der Waals surface area contributed by atoms with Gasteiger partial charge < -0.3 is 14.9 Å². The molecule has 3 aliphatic rings. The van der Waals surface area contributed by atoms with Crippen molar-refractivity contribution in [3.63, 3.8) is 0 Å². The van der Waals surface area contributed by atoms with Gasteiger partial charge in [-0.05, 0) is 69.6 Å². The molecule has 1 N–H and O–H groups in total. The van der Waals surface area contributed by atoms with Gasteiger partial charge in [0.1, 0.15) is 6.04 Å². The fraction of sp³-hybridized carbons (Fsp3) is 0.727. The van der Waals surface area contributed by atoms with Crippen LogP contribution in [-0.4, -0.2) is 80.9 Å². The number of aliphatic carboxylic acids is 1. The molecule has 1 saturated carbocycles. The molecule has 7 nitrogen and oxygen atoms in total. The Balaban J connectivity index is 1.64. The van der Waals surface area contributed by atoms with Crippen LogP contribution < -0.4 is 0 Å². The third-order valence-electron chi connectivity index (χ3n) is 9.70. The van der Waals surface area contributed by atoms with Crippen molar-refractivity contribution in [1.29, 1.82) is 0 Å². The average Bonchev–Trinajstić information content (AvgIpc) is 3.50. The molecule has 0 spiro atoms. The number of likely N-dealkylation sites (tertiary alicyclic amines) is 2. The Bertz CT molecular complexity index is 1130. The zero-order valence-electron chi connectivity index (χ0n) is 26.2. The molecule has 0 aromatic heterocycles. The largest absolute Gasteiger partial charge is 0.480 e. The lowest BCUT2D eigenvalue weighted by atomic mass is 9.74. The summed E-state index contributed by atoms with van der Waals surface area (Å²) in [6.07, 6.45) is 4.12. The van der Waals surface area contributed by atoms with E-state index in [1.54, 1.807) is 4.90 Å². The van der Waals surface area contributed by atoms with Crippen LogP contribution in [0.3, 0.4) is 0 Å². The molecule has 2 aliphatic heterocycles. The maximum absolute atomic E-state index is 14.4. The highest BCUT2D eigenvalue weighted by molar-refractivity contribution is 6.30. The first-order valence-electron chi connectivity index (χ1n) is 15.3. The number of carbonyl (C=O) groups is 3. The first kappa shape index (κ1) is 31.8. The number of hydrogen-bond acceptors (Lipinski definition) is 4. The molecule has 0 bridgehead atoms. The third kappa shape index (κ3) is 6.93. The lowest BCUT2D eigenvalue weighted by molar-refractivity contribution is -0.150. The minimum Gasteiger partial charge on any atom is -0.480 e. The average molecular weight is 588 g/mol. The molecule has 228 valence electrons. The van der Waals surface area contributed by atoms with E-state index >= 15 is 0 Å². The van der Waals surface area contributed by atoms with Gasteiger partial charge in [0.25, 0.3) is 0 Å². The summed E-state index contributed by atoms with van der Waals surface area (Å²) in [7, 11) is 0. The maximum Gasteiger partial charge on any atom is 0.326 e. The van der Waals surface area contributed by atoms with E-state index in [1.165, 1.54) is 0 Å². The van der Waals surface area contributed by atoms with Crippen LogP contribution in [0.15, 0.2) is 24.3 Å². The second-order valence-electron chi connectivity index (χ2n) is 15.4. The van der Waals surface area contributed by atoms with Gasteiger partial charge in [-0.1, -0.05) is 58.4 Å². The fourth-order valence-electron chi connectivity index (χ4n) is 7.03. The van der Waals surface area contributed by atoms with Crippen LogP contribution in [0.25, 0.3) is 0 Å². The number of benzene rings is 1. The number of carboxylic acids is 1. The summed E-state index contributed by atoms with van der Waals surface area (Å²) in [5.74, 6) is -1.52. The van der Waals surface area contributed by atoms with E-state index in [2.05, 4.69) is 39.5 Å². The Labute approximate surface area is 251 Å². The molecule has 0 radical (unpaired) electrons. The summed E-state index contributed by atoms with van der Waals surface area (Å²) in [5.41, 5.74) is 0.550. The second kappa shape index (κ2) is 11.5. The summed E-state index contributed by atoms with van der Waals surface area (Å²) in [6.45, 7) is 18.3. The van der Waals surface area contributed by atoms with Crippen molar-refractivity contribution in [2.24, 2.45) is 16.7 Å². The van der Waals surface area contributed by atoms with Gasteiger partial charge in [0.15, 0.2) is 0 Å². The normalized spacial score (nSPS) is 27.7. The van der Waals surface area contributed by atoms with Gasteiger partial charge in [-0.15, -0.1) is 0 Å². The molecule has 1 aliphatic carbocycles. The van der Waals surface area contributed by atoms with Crippen LogP contribution in [0.5, 0.6) is 0 Å². The zero-order chi connectivity index (χ0) is 30.5. The molecule has 4 atom stereocenters. The number of carbonyl (C=O) groups excluding carboxylic acids is 2. The van der Waals surface area contributed by atoms with Crippen molar-refractivity contribution in [2.45, 2.75) is 117 Å². The quantitative estimate of drug-likeness (QED) is 0.453. The molecular formula is C33H50ClN3O4. The van der Waals surface area contributed by atoms with Crippen molar-refractivity contribution in [2.75, 3.05) is 19.6 Å². The van der Waals surface area contributed by atoms with Crippen LogP contribution in [0.4, 0.5) is 0 Å². The molecule has 2 heterocycles. The Hall–Kier alpha value is -2.12. The second-order valence-corrected chi connectivity index (χ2v) is 15.9. The van der Waals surface area contributed by atoms with Crippen molar-refractivity contribution in [3.05, 3.63) is 34.9 Å². The van der Waals surface area contributed by atoms with E-state index in [9.17, 15) is 19.5 Å². The first-order valence-corrected chi connectivity index (χ1v) is 15.6. The number of halogens is 1. The highest BCUT2D eigenvalue weighted by atomic mass is 35.5. The van der Waals surface area contributed by atoms with Crippen LogP contribution in [0.2, 0.25) is 5.02 Å². The molecule has 41 heavy (non-hydrogen) atoms. The van der Waals surface area contributed by atoms with Gasteiger partial charge in [-0.3, -0.25) is 14.5 Å². The van der Waals surface area contributed by atoms with E-state index in [-0.39, 0.29) is 59.7 Å². The van der Waals surface area contributed by atoms with Crippen LogP contribution in [0, 0.1) is 16.7 Å². The van der Waals surface area contributed by atoms with Gasteiger partial charge in [-0.25, -0.2) is 4.79 Å². The van der Waals surface area contributed by atoms with Crippen LogP contribution in [0.1, 0.15) is 99.0 Å². The van der Waals surface area contributed by atoms with E-state index < -0.39 is 17.4 Å². The van der Waals surface area contributed by atoms with Crippen molar-refractivity contribution in [3.8, 4) is 0 Å². The summed E-state index contributed by atoms with van der Waals surface area (Å²) in [5, 5.41) is 11.0. The highest BCUT2D eigenvalue weighted by Crippen LogP contribution is 2.42. The summed E-state index contributed by atoms with van der Waals surface area (Å²) in [6, 6.07) is 6.47. The molecule has 1 aromatic carbocycles. The number of rotatable bonds is 5. The summed E-state index contributed by atoms with van der Waals surface area (Å²) in [4.78, 5) is 46.8. The van der Waals surface area contributed by atoms with E-state index in [4.69, 9.17) is 11.6 Å². The van der Waals surface area contributed by atoms with Crippen LogP contribution >= 0.6 is 11.6 Å². The summed E-state index contributed by atoms with van der Waals surface area (Å²) >= 11 is 6.18. The molecule has 3 fully saturated rings. The maximum atomic E-state index is 14.4. The van der Waals surface area contributed by atoms with Gasteiger partial charge in [0.05, 0.1) is 12.0 Å². The van der Waals surface area contributed by atoms with Crippen molar-refractivity contribution >= 4 is 29.4 Å². The first-order chi connectivity index (χ1) is 18.9. The third-order valence-corrected chi connectivity index (χ3v) is 9.95. The Morgan fingerprint density at radius 1 is 0.927 bits per heavy atom. The Kier molecular flexibility index (Phi) is 8.94. The standard InChI is InChI=1S/C33H50ClN3O4/c1-31(2,3)30(41)37(23-13-15-33(7,8)16-14-23)24-17-27(29(39)40)36(18-24)28(38)26-20-35(32(4,5)6)19-25(26)21-9-11-22(34)12-10-21/h9-12,23-27H,13-20H2,1-8H3,(H,39,40)/t24-,25+,26?,27-/m0/s1. The van der Waals surface area contributed by atoms with E-state index in [0.29, 0.717) is 18.1 Å². The minimum atomic E-state index is -0.998. The smallest absolute Gasteiger partial charge is 0.326 e. The van der Waals surface area contributed by atoms with Gasteiger partial charge in [-0.2, -0.15) is 0 Å². The molecule has 4 rings (SSSR count). The van der Waals surface area contributed by atoms with Gasteiger partial charge >= 0.3 is 5.97 Å². The molecule has 2 saturated heterocycles.